The number of aryl methyl sites for hydroxylation is 4. The minimum absolute atomic E-state index is 1.05. The molecule has 0 saturated carbocycles. The molecule has 0 aliphatic carbocycles. The molecule has 0 unspecified atom stereocenters. The Morgan fingerprint density at radius 2 is 2.12 bits per heavy atom. The zero-order valence-corrected chi connectivity index (χ0v) is 10.7. The van der Waals surface area contributed by atoms with Crippen molar-refractivity contribution in [2.75, 3.05) is 0 Å². The van der Waals surface area contributed by atoms with E-state index >= 15 is 0 Å². The maximum atomic E-state index is 4.38. The lowest BCUT2D eigenvalue weighted by atomic mass is 10.1. The molecule has 2 heteroatoms. The SMILES string of the molecule is CCc1ncc(CCc2cccc(C)c2)s1. The summed E-state index contributed by atoms with van der Waals surface area (Å²) < 4.78 is 0. The van der Waals surface area contributed by atoms with Crippen molar-refractivity contribution < 1.29 is 0 Å². The zero-order valence-electron chi connectivity index (χ0n) is 9.86. The van der Waals surface area contributed by atoms with Gasteiger partial charge < -0.3 is 0 Å². The first-order valence-electron chi connectivity index (χ1n) is 5.77. The van der Waals surface area contributed by atoms with Crippen molar-refractivity contribution in [1.29, 1.82) is 0 Å². The van der Waals surface area contributed by atoms with Gasteiger partial charge in [-0.1, -0.05) is 36.8 Å². The summed E-state index contributed by atoms with van der Waals surface area (Å²) in [6.07, 6.45) is 5.31. The molecule has 0 aliphatic rings. The molecular formula is C14H17NS. The third-order valence-electron chi connectivity index (χ3n) is 2.65. The molecule has 84 valence electrons. The summed E-state index contributed by atoms with van der Waals surface area (Å²) in [5.74, 6) is 0. The molecule has 16 heavy (non-hydrogen) atoms. The molecule has 0 bridgehead atoms. The Balaban J connectivity index is 1.96. The largest absolute Gasteiger partial charge is 0.249 e. The lowest BCUT2D eigenvalue weighted by molar-refractivity contribution is 0.972. The summed E-state index contributed by atoms with van der Waals surface area (Å²) in [6, 6.07) is 8.75. The van der Waals surface area contributed by atoms with Crippen molar-refractivity contribution in [2.45, 2.75) is 33.1 Å². The van der Waals surface area contributed by atoms with Gasteiger partial charge in [0, 0.05) is 11.1 Å². The van der Waals surface area contributed by atoms with Crippen LogP contribution in [-0.4, -0.2) is 4.98 Å². The summed E-state index contributed by atoms with van der Waals surface area (Å²) >= 11 is 1.85. The first-order valence-corrected chi connectivity index (χ1v) is 6.58. The second kappa shape index (κ2) is 5.26. The van der Waals surface area contributed by atoms with Crippen LogP contribution in [0.3, 0.4) is 0 Å². The van der Waals surface area contributed by atoms with Crippen LogP contribution in [0.5, 0.6) is 0 Å². The summed E-state index contributed by atoms with van der Waals surface area (Å²) in [5.41, 5.74) is 2.77. The molecule has 2 aromatic rings. The second-order valence-corrected chi connectivity index (χ2v) is 5.26. The highest BCUT2D eigenvalue weighted by atomic mass is 32.1. The second-order valence-electron chi connectivity index (χ2n) is 4.06. The molecule has 1 aromatic carbocycles. The van der Waals surface area contributed by atoms with Gasteiger partial charge in [0.2, 0.25) is 0 Å². The van der Waals surface area contributed by atoms with Gasteiger partial charge in [-0.25, -0.2) is 4.98 Å². The van der Waals surface area contributed by atoms with Crippen molar-refractivity contribution in [1.82, 2.24) is 4.98 Å². The number of hydrogen-bond acceptors (Lipinski definition) is 2. The van der Waals surface area contributed by atoms with E-state index < -0.39 is 0 Å². The van der Waals surface area contributed by atoms with Crippen molar-refractivity contribution >= 4 is 11.3 Å². The molecule has 2 rings (SSSR count). The Labute approximate surface area is 101 Å². The Morgan fingerprint density at radius 1 is 1.25 bits per heavy atom. The van der Waals surface area contributed by atoms with E-state index in [4.69, 9.17) is 0 Å². The number of nitrogens with zero attached hydrogens (tertiary/aromatic N) is 1. The van der Waals surface area contributed by atoms with Gasteiger partial charge in [-0.15, -0.1) is 11.3 Å². The molecule has 1 aromatic heterocycles. The predicted molar refractivity (Wildman–Crippen MR) is 70.1 cm³/mol. The molecule has 0 spiro atoms. The summed E-state index contributed by atoms with van der Waals surface area (Å²) in [4.78, 5) is 5.78. The van der Waals surface area contributed by atoms with Gasteiger partial charge in [-0.05, 0) is 31.7 Å². The van der Waals surface area contributed by atoms with Gasteiger partial charge in [0.15, 0.2) is 0 Å². The summed E-state index contributed by atoms with van der Waals surface area (Å²) in [7, 11) is 0. The normalized spacial score (nSPS) is 10.6. The van der Waals surface area contributed by atoms with Crippen molar-refractivity contribution in [3.63, 3.8) is 0 Å². The van der Waals surface area contributed by atoms with Crippen LogP contribution in [0.4, 0.5) is 0 Å². The number of rotatable bonds is 4. The molecule has 0 atom stereocenters. The lowest BCUT2D eigenvalue weighted by Crippen LogP contribution is -1.89. The Hall–Kier alpha value is -1.15. The van der Waals surface area contributed by atoms with Crippen LogP contribution >= 0.6 is 11.3 Å². The fraction of sp³-hybridized carbons (Fsp3) is 0.357. The van der Waals surface area contributed by atoms with Crippen molar-refractivity contribution in [2.24, 2.45) is 0 Å². The predicted octanol–water partition coefficient (Wildman–Crippen LogP) is 3.80. The Morgan fingerprint density at radius 3 is 2.81 bits per heavy atom. The Kier molecular flexibility index (Phi) is 3.73. The first-order chi connectivity index (χ1) is 7.78. The molecule has 0 radical (unpaired) electrons. The van der Waals surface area contributed by atoms with E-state index in [9.17, 15) is 0 Å². The van der Waals surface area contributed by atoms with E-state index in [1.54, 1.807) is 0 Å². The van der Waals surface area contributed by atoms with E-state index in [1.807, 2.05) is 17.5 Å². The van der Waals surface area contributed by atoms with Crippen LogP contribution in [0.15, 0.2) is 30.5 Å². The molecule has 1 nitrogen and oxygen atoms in total. The highest BCUT2D eigenvalue weighted by molar-refractivity contribution is 7.11. The Bertz CT molecular complexity index is 459. The minimum atomic E-state index is 1.05. The van der Waals surface area contributed by atoms with Crippen LogP contribution in [0.25, 0.3) is 0 Å². The molecule has 0 aliphatic heterocycles. The number of hydrogen-bond donors (Lipinski definition) is 0. The fourth-order valence-electron chi connectivity index (χ4n) is 1.76. The molecular weight excluding hydrogens is 214 g/mol. The smallest absolute Gasteiger partial charge is 0.0924 e. The van der Waals surface area contributed by atoms with Gasteiger partial charge in [-0.2, -0.15) is 0 Å². The third kappa shape index (κ3) is 2.92. The van der Waals surface area contributed by atoms with Crippen LogP contribution < -0.4 is 0 Å². The number of benzene rings is 1. The van der Waals surface area contributed by atoms with E-state index in [0.717, 1.165) is 19.3 Å². The standard InChI is InChI=1S/C14H17NS/c1-3-14-15-10-13(16-14)8-7-12-6-4-5-11(2)9-12/h4-6,9-10H,3,7-8H2,1-2H3. The van der Waals surface area contributed by atoms with Crippen LogP contribution in [0, 0.1) is 6.92 Å². The topological polar surface area (TPSA) is 12.9 Å². The average Bonchev–Trinajstić information content (AvgIpc) is 2.74. The number of aromatic nitrogens is 1. The van der Waals surface area contributed by atoms with Crippen LogP contribution in [0.2, 0.25) is 0 Å². The fourth-order valence-corrected chi connectivity index (χ4v) is 2.62. The molecule has 0 N–H and O–H groups in total. The lowest BCUT2D eigenvalue weighted by Gasteiger charge is -2.00. The highest BCUT2D eigenvalue weighted by Crippen LogP contribution is 2.16. The molecule has 0 saturated heterocycles. The van der Waals surface area contributed by atoms with Gasteiger partial charge in [0.05, 0.1) is 5.01 Å². The van der Waals surface area contributed by atoms with E-state index in [1.165, 1.54) is 21.0 Å². The minimum Gasteiger partial charge on any atom is -0.249 e. The maximum absolute atomic E-state index is 4.38. The van der Waals surface area contributed by atoms with Crippen LogP contribution in [-0.2, 0) is 19.3 Å². The molecule has 0 fully saturated rings. The van der Waals surface area contributed by atoms with Gasteiger partial charge in [0.1, 0.15) is 0 Å². The zero-order chi connectivity index (χ0) is 11.4. The molecule has 0 amide bonds. The average molecular weight is 231 g/mol. The number of thiazole rings is 1. The quantitative estimate of drug-likeness (QED) is 0.780. The summed E-state index contributed by atoms with van der Waals surface area (Å²) in [6.45, 7) is 4.30. The third-order valence-corrected chi connectivity index (χ3v) is 3.85. The van der Waals surface area contributed by atoms with Gasteiger partial charge >= 0.3 is 0 Å². The molecule has 1 heterocycles. The van der Waals surface area contributed by atoms with Crippen LogP contribution in [0.1, 0.15) is 27.9 Å². The first kappa shape index (κ1) is 11.3. The monoisotopic (exact) mass is 231 g/mol. The highest BCUT2D eigenvalue weighted by Gasteiger charge is 2.01. The maximum Gasteiger partial charge on any atom is 0.0924 e. The summed E-state index contributed by atoms with van der Waals surface area (Å²) in [5, 5.41) is 1.25. The van der Waals surface area contributed by atoms with E-state index in [2.05, 4.69) is 43.1 Å². The van der Waals surface area contributed by atoms with E-state index in [-0.39, 0.29) is 0 Å². The van der Waals surface area contributed by atoms with E-state index in [0.29, 0.717) is 0 Å². The van der Waals surface area contributed by atoms with Gasteiger partial charge in [0.25, 0.3) is 0 Å². The van der Waals surface area contributed by atoms with Crippen molar-refractivity contribution in [3.8, 4) is 0 Å². The van der Waals surface area contributed by atoms with Gasteiger partial charge in [-0.3, -0.25) is 0 Å². The van der Waals surface area contributed by atoms with Crippen molar-refractivity contribution in [3.05, 3.63) is 51.5 Å².